The number of hydrogen-bond acceptors (Lipinski definition) is 2. The van der Waals surface area contributed by atoms with E-state index < -0.39 is 0 Å². The summed E-state index contributed by atoms with van der Waals surface area (Å²) in [6, 6.07) is 80.4. The second-order valence-electron chi connectivity index (χ2n) is 15.7. The second kappa shape index (κ2) is 14.3. The maximum atomic E-state index is 5.53. The van der Waals surface area contributed by atoms with E-state index in [1.165, 1.54) is 38.0 Å². The number of fused-ring (bicyclic) bond motifs is 7. The number of para-hydroxylation sites is 2. The van der Waals surface area contributed by atoms with Crippen LogP contribution in [0.15, 0.2) is 224 Å². The van der Waals surface area contributed by atoms with Gasteiger partial charge in [0.25, 0.3) is 0 Å². The molecule has 12 aromatic rings. The van der Waals surface area contributed by atoms with Crippen molar-refractivity contribution in [1.82, 2.24) is 14.5 Å². The zero-order valence-electron chi connectivity index (χ0n) is 33.2. The van der Waals surface area contributed by atoms with E-state index >= 15 is 0 Å². The number of benzene rings is 10. The van der Waals surface area contributed by atoms with Gasteiger partial charge in [-0.05, 0) is 103 Å². The lowest BCUT2D eigenvalue weighted by Crippen LogP contribution is -1.99. The molecule has 0 unspecified atom stereocenters. The first-order chi connectivity index (χ1) is 30.2. The fourth-order valence-corrected chi connectivity index (χ4v) is 9.35. The van der Waals surface area contributed by atoms with Crippen LogP contribution in [0.3, 0.4) is 0 Å². The molecule has 0 aliphatic carbocycles. The van der Waals surface area contributed by atoms with Crippen molar-refractivity contribution in [2.45, 2.75) is 0 Å². The Balaban J connectivity index is 1.08. The fraction of sp³-hybridized carbons (Fsp3) is 0. The van der Waals surface area contributed by atoms with E-state index in [0.29, 0.717) is 5.82 Å². The number of aromatic nitrogens is 3. The van der Waals surface area contributed by atoms with Crippen molar-refractivity contribution in [1.29, 1.82) is 0 Å². The molecule has 0 fully saturated rings. The number of nitrogens with zero attached hydrogens (tertiary/aromatic N) is 3. The van der Waals surface area contributed by atoms with Gasteiger partial charge in [0.05, 0.1) is 22.4 Å². The molecule has 2 heterocycles. The van der Waals surface area contributed by atoms with Crippen molar-refractivity contribution in [3.05, 3.63) is 224 Å². The molecular formula is C58H37N3. The van der Waals surface area contributed by atoms with Gasteiger partial charge in [0.15, 0.2) is 5.82 Å². The molecule has 61 heavy (non-hydrogen) atoms. The summed E-state index contributed by atoms with van der Waals surface area (Å²) in [7, 11) is 0. The summed E-state index contributed by atoms with van der Waals surface area (Å²) in [5.74, 6) is 0.702. The van der Waals surface area contributed by atoms with Gasteiger partial charge in [0, 0.05) is 33.2 Å². The van der Waals surface area contributed by atoms with Crippen molar-refractivity contribution in [3.8, 4) is 61.8 Å². The normalized spacial score (nSPS) is 11.6. The molecule has 3 nitrogen and oxygen atoms in total. The highest BCUT2D eigenvalue weighted by atomic mass is 15.0. The third-order valence-electron chi connectivity index (χ3n) is 12.2. The quantitative estimate of drug-likeness (QED) is 0.124. The second-order valence-corrected chi connectivity index (χ2v) is 15.7. The van der Waals surface area contributed by atoms with Crippen LogP contribution >= 0.6 is 0 Å². The molecule has 0 aliphatic rings. The Morgan fingerprint density at radius 2 is 0.918 bits per heavy atom. The van der Waals surface area contributed by atoms with Crippen LogP contribution in [-0.4, -0.2) is 14.5 Å². The van der Waals surface area contributed by atoms with Crippen LogP contribution in [0.1, 0.15) is 0 Å². The molecule has 0 saturated carbocycles. The maximum Gasteiger partial charge on any atom is 0.161 e. The molecular weight excluding hydrogens is 739 g/mol. The van der Waals surface area contributed by atoms with Gasteiger partial charge in [0.1, 0.15) is 0 Å². The summed E-state index contributed by atoms with van der Waals surface area (Å²) in [5, 5.41) is 9.50. The Kier molecular flexibility index (Phi) is 8.17. The van der Waals surface area contributed by atoms with E-state index in [4.69, 9.17) is 9.97 Å². The van der Waals surface area contributed by atoms with Crippen LogP contribution in [0.25, 0.3) is 116 Å². The van der Waals surface area contributed by atoms with E-state index in [9.17, 15) is 0 Å². The minimum atomic E-state index is 0.702. The van der Waals surface area contributed by atoms with Crippen molar-refractivity contribution >= 4 is 54.1 Å². The average molecular weight is 776 g/mol. The Labute approximate surface area is 353 Å². The van der Waals surface area contributed by atoms with Crippen LogP contribution < -0.4 is 0 Å². The molecule has 0 radical (unpaired) electrons. The predicted molar refractivity (Wildman–Crippen MR) is 256 cm³/mol. The van der Waals surface area contributed by atoms with Gasteiger partial charge in [0.2, 0.25) is 0 Å². The first-order valence-corrected chi connectivity index (χ1v) is 20.8. The zero-order chi connectivity index (χ0) is 40.3. The zero-order valence-corrected chi connectivity index (χ0v) is 33.2. The van der Waals surface area contributed by atoms with Crippen LogP contribution in [-0.2, 0) is 0 Å². The van der Waals surface area contributed by atoms with Gasteiger partial charge in [-0.25, -0.2) is 9.97 Å². The van der Waals surface area contributed by atoms with Crippen molar-refractivity contribution in [3.63, 3.8) is 0 Å². The molecule has 0 spiro atoms. The lowest BCUT2D eigenvalue weighted by molar-refractivity contribution is 1.18. The smallest absolute Gasteiger partial charge is 0.161 e. The van der Waals surface area contributed by atoms with Gasteiger partial charge < -0.3 is 4.57 Å². The molecule has 0 amide bonds. The molecule has 0 aliphatic heterocycles. The molecule has 12 rings (SSSR count). The minimum absolute atomic E-state index is 0.702. The van der Waals surface area contributed by atoms with E-state index in [1.807, 2.05) is 0 Å². The summed E-state index contributed by atoms with van der Waals surface area (Å²) in [6.45, 7) is 0. The number of rotatable bonds is 6. The summed E-state index contributed by atoms with van der Waals surface area (Å²) in [6.07, 6.45) is 0. The van der Waals surface area contributed by atoms with Crippen molar-refractivity contribution < 1.29 is 0 Å². The fourth-order valence-electron chi connectivity index (χ4n) is 9.35. The molecule has 0 N–H and O–H groups in total. The number of hydrogen-bond donors (Lipinski definition) is 0. The predicted octanol–water partition coefficient (Wildman–Crippen LogP) is 15.4. The highest BCUT2D eigenvalue weighted by Gasteiger charge is 2.20. The third kappa shape index (κ3) is 5.90. The molecule has 10 aromatic carbocycles. The molecule has 3 heteroatoms. The maximum absolute atomic E-state index is 5.53. The van der Waals surface area contributed by atoms with Gasteiger partial charge in [-0.2, -0.15) is 0 Å². The van der Waals surface area contributed by atoms with Gasteiger partial charge in [-0.1, -0.05) is 176 Å². The highest BCUT2D eigenvalue weighted by Crippen LogP contribution is 2.42. The SMILES string of the molecule is c1ccc(-c2ccccc2-c2cc(-c3cccc(-c4ccc5c(c4)c4ccccc4n5-c4ccccc4)c3)nc(-c3c4ccccc4cc4c3ccc3ccccc34)n2)cc1. The van der Waals surface area contributed by atoms with Gasteiger partial charge in [-0.3, -0.25) is 0 Å². The Hall–Kier alpha value is -8.14. The Morgan fingerprint density at radius 1 is 0.295 bits per heavy atom. The molecule has 0 bridgehead atoms. The Morgan fingerprint density at radius 3 is 1.77 bits per heavy atom. The van der Waals surface area contributed by atoms with Crippen LogP contribution in [0, 0.1) is 0 Å². The monoisotopic (exact) mass is 775 g/mol. The molecule has 0 atom stereocenters. The lowest BCUT2D eigenvalue weighted by Gasteiger charge is -2.16. The minimum Gasteiger partial charge on any atom is -0.309 e. The van der Waals surface area contributed by atoms with Crippen LogP contribution in [0.5, 0.6) is 0 Å². The third-order valence-corrected chi connectivity index (χ3v) is 12.2. The van der Waals surface area contributed by atoms with Crippen LogP contribution in [0.2, 0.25) is 0 Å². The van der Waals surface area contributed by atoms with Gasteiger partial charge in [-0.15, -0.1) is 0 Å². The molecule has 284 valence electrons. The topological polar surface area (TPSA) is 30.7 Å². The average Bonchev–Trinajstić information content (AvgIpc) is 3.67. The lowest BCUT2D eigenvalue weighted by atomic mass is 9.92. The summed E-state index contributed by atoms with van der Waals surface area (Å²) in [4.78, 5) is 11.1. The van der Waals surface area contributed by atoms with E-state index in [2.05, 4.69) is 229 Å². The summed E-state index contributed by atoms with van der Waals surface area (Å²) < 4.78 is 2.36. The van der Waals surface area contributed by atoms with Crippen molar-refractivity contribution in [2.75, 3.05) is 0 Å². The summed E-state index contributed by atoms with van der Waals surface area (Å²) in [5.41, 5.74) is 13.0. The first kappa shape index (κ1) is 34.9. The molecule has 0 saturated heterocycles. The van der Waals surface area contributed by atoms with Crippen LogP contribution in [0.4, 0.5) is 0 Å². The van der Waals surface area contributed by atoms with E-state index in [0.717, 1.165) is 72.2 Å². The first-order valence-electron chi connectivity index (χ1n) is 20.8. The Bertz CT molecular complexity index is 3640. The van der Waals surface area contributed by atoms with E-state index in [-0.39, 0.29) is 0 Å². The standard InChI is InChI=1S/C58H37N3/c1-3-16-38(17-4-1)45-24-11-12-27-48(45)54-37-53(59-58(60-54)57-47-26-10-8-19-42(47)36-51-46-25-9-7-18-39(46)30-32-50(51)57)43-21-15-20-40(34-43)41-31-33-56-52(35-41)49-28-13-14-29-55(49)61(56)44-22-5-2-6-23-44/h1-37H. The van der Waals surface area contributed by atoms with E-state index in [1.54, 1.807) is 0 Å². The summed E-state index contributed by atoms with van der Waals surface area (Å²) >= 11 is 0. The van der Waals surface area contributed by atoms with Crippen molar-refractivity contribution in [2.24, 2.45) is 0 Å². The largest absolute Gasteiger partial charge is 0.309 e. The van der Waals surface area contributed by atoms with Gasteiger partial charge >= 0.3 is 0 Å². The molecule has 2 aromatic heterocycles. The highest BCUT2D eigenvalue weighted by molar-refractivity contribution is 6.19.